The Kier molecular flexibility index (Phi) is 5.43. The lowest BCUT2D eigenvalue weighted by molar-refractivity contribution is -0.115. The zero-order chi connectivity index (χ0) is 18.5. The van der Waals surface area contributed by atoms with Gasteiger partial charge in [-0.15, -0.1) is 11.3 Å². The molecule has 0 aliphatic carbocycles. The number of hydrogen-bond acceptors (Lipinski definition) is 4. The zero-order valence-corrected chi connectivity index (χ0v) is 15.4. The number of anilines is 2. The minimum atomic E-state index is -0.255. The number of rotatable bonds is 5. The molecule has 3 aromatic rings. The molecule has 0 aliphatic rings. The number of aryl methyl sites for hydroxylation is 2. The number of thiazole rings is 1. The third-order valence-corrected chi connectivity index (χ3v) is 4.69. The fourth-order valence-electron chi connectivity index (χ4n) is 2.40. The molecule has 132 valence electrons. The van der Waals surface area contributed by atoms with Gasteiger partial charge >= 0.3 is 0 Å². The van der Waals surface area contributed by atoms with Crippen molar-refractivity contribution in [3.8, 4) is 0 Å². The van der Waals surface area contributed by atoms with Crippen LogP contribution in [-0.2, 0) is 11.2 Å². The van der Waals surface area contributed by atoms with Crippen LogP contribution in [0.3, 0.4) is 0 Å². The molecular formula is C20H19N3O2S. The molecule has 2 N–H and O–H groups in total. The van der Waals surface area contributed by atoms with E-state index in [1.165, 1.54) is 11.3 Å². The second kappa shape index (κ2) is 7.93. The Morgan fingerprint density at radius 1 is 0.885 bits per heavy atom. The summed E-state index contributed by atoms with van der Waals surface area (Å²) in [7, 11) is 0. The molecule has 1 aromatic heterocycles. The maximum atomic E-state index is 12.5. The van der Waals surface area contributed by atoms with Gasteiger partial charge in [0.15, 0.2) is 0 Å². The van der Waals surface area contributed by atoms with Crippen molar-refractivity contribution in [1.29, 1.82) is 0 Å². The van der Waals surface area contributed by atoms with E-state index in [1.807, 2.05) is 62.4 Å². The van der Waals surface area contributed by atoms with Crippen molar-refractivity contribution in [3.63, 3.8) is 0 Å². The van der Waals surface area contributed by atoms with E-state index in [0.717, 1.165) is 16.8 Å². The number of nitrogens with one attached hydrogen (secondary N) is 2. The molecule has 2 aromatic carbocycles. The molecular weight excluding hydrogens is 346 g/mol. The highest BCUT2D eigenvalue weighted by Crippen LogP contribution is 2.18. The largest absolute Gasteiger partial charge is 0.326 e. The second-order valence-electron chi connectivity index (χ2n) is 6.04. The molecule has 0 radical (unpaired) electrons. The summed E-state index contributed by atoms with van der Waals surface area (Å²) in [5.41, 5.74) is 5.74. The first-order chi connectivity index (χ1) is 12.5. The van der Waals surface area contributed by atoms with Gasteiger partial charge in [0, 0.05) is 11.4 Å². The van der Waals surface area contributed by atoms with Gasteiger partial charge in [0.25, 0.3) is 5.91 Å². The van der Waals surface area contributed by atoms with Crippen molar-refractivity contribution < 1.29 is 9.59 Å². The minimum Gasteiger partial charge on any atom is -0.326 e. The lowest BCUT2D eigenvalue weighted by Gasteiger charge is -2.07. The van der Waals surface area contributed by atoms with Crippen LogP contribution in [0.1, 0.15) is 26.5 Å². The number of benzene rings is 2. The molecule has 0 saturated heterocycles. The molecule has 0 aliphatic heterocycles. The Labute approximate surface area is 156 Å². The Morgan fingerprint density at radius 2 is 1.42 bits per heavy atom. The average Bonchev–Trinajstić information content (AvgIpc) is 3.07. The van der Waals surface area contributed by atoms with Gasteiger partial charge in [0.05, 0.1) is 17.6 Å². The summed E-state index contributed by atoms with van der Waals surface area (Å²) in [6.07, 6.45) is 0.0496. The van der Waals surface area contributed by atoms with E-state index >= 15 is 0 Å². The Bertz CT molecular complexity index is 915. The van der Waals surface area contributed by atoms with E-state index in [2.05, 4.69) is 15.6 Å². The summed E-state index contributed by atoms with van der Waals surface area (Å²) < 4.78 is 0. The van der Waals surface area contributed by atoms with Gasteiger partial charge in [-0.25, -0.2) is 4.98 Å². The van der Waals surface area contributed by atoms with Gasteiger partial charge in [-0.2, -0.15) is 0 Å². The monoisotopic (exact) mass is 365 g/mol. The standard InChI is InChI=1S/C20H19N3O2S/c1-13-3-7-15(8-4-13)22-18(24)11-17-19(26-12-21-17)20(25)23-16-9-5-14(2)6-10-16/h3-10,12H,11H2,1-2H3,(H,22,24)(H,23,25). The first-order valence-corrected chi connectivity index (χ1v) is 9.06. The van der Waals surface area contributed by atoms with Crippen molar-refractivity contribution in [2.75, 3.05) is 10.6 Å². The van der Waals surface area contributed by atoms with E-state index in [9.17, 15) is 9.59 Å². The molecule has 0 fully saturated rings. The van der Waals surface area contributed by atoms with Gasteiger partial charge < -0.3 is 10.6 Å². The molecule has 0 spiro atoms. The number of carbonyl (C=O) groups is 2. The molecule has 0 unspecified atom stereocenters. The molecule has 26 heavy (non-hydrogen) atoms. The van der Waals surface area contributed by atoms with Crippen LogP contribution in [0.15, 0.2) is 54.0 Å². The lowest BCUT2D eigenvalue weighted by Crippen LogP contribution is -2.18. The maximum absolute atomic E-state index is 12.5. The fourth-order valence-corrected chi connectivity index (χ4v) is 3.10. The van der Waals surface area contributed by atoms with Gasteiger partial charge in [-0.05, 0) is 38.1 Å². The van der Waals surface area contributed by atoms with Gasteiger partial charge in [-0.1, -0.05) is 35.4 Å². The quantitative estimate of drug-likeness (QED) is 0.712. The van der Waals surface area contributed by atoms with Crippen LogP contribution in [0.5, 0.6) is 0 Å². The van der Waals surface area contributed by atoms with Gasteiger partial charge in [0.2, 0.25) is 5.91 Å². The van der Waals surface area contributed by atoms with Crippen molar-refractivity contribution in [3.05, 3.63) is 75.7 Å². The minimum absolute atomic E-state index is 0.0496. The number of nitrogens with zero attached hydrogens (tertiary/aromatic N) is 1. The van der Waals surface area contributed by atoms with E-state index < -0.39 is 0 Å². The molecule has 5 nitrogen and oxygen atoms in total. The summed E-state index contributed by atoms with van der Waals surface area (Å²) in [6, 6.07) is 15.1. The number of amides is 2. The highest BCUT2D eigenvalue weighted by Gasteiger charge is 2.17. The normalized spacial score (nSPS) is 10.4. The second-order valence-corrected chi connectivity index (χ2v) is 6.89. The van der Waals surface area contributed by atoms with Crippen LogP contribution in [0.25, 0.3) is 0 Å². The molecule has 1 heterocycles. The Morgan fingerprint density at radius 3 is 2.00 bits per heavy atom. The van der Waals surface area contributed by atoms with Crippen LogP contribution < -0.4 is 10.6 Å². The third-order valence-electron chi connectivity index (χ3n) is 3.82. The summed E-state index contributed by atoms with van der Waals surface area (Å²) in [5, 5.41) is 5.66. The van der Waals surface area contributed by atoms with Crippen molar-refractivity contribution in [2.24, 2.45) is 0 Å². The average molecular weight is 365 g/mol. The van der Waals surface area contributed by atoms with Crippen LogP contribution in [0, 0.1) is 13.8 Å². The van der Waals surface area contributed by atoms with Crippen LogP contribution >= 0.6 is 11.3 Å². The van der Waals surface area contributed by atoms with Crippen LogP contribution in [0.2, 0.25) is 0 Å². The predicted octanol–water partition coefficient (Wildman–Crippen LogP) is 4.19. The topological polar surface area (TPSA) is 71.1 Å². The third kappa shape index (κ3) is 4.55. The van der Waals surface area contributed by atoms with Crippen molar-refractivity contribution in [1.82, 2.24) is 4.98 Å². The first kappa shape index (κ1) is 17.8. The predicted molar refractivity (Wildman–Crippen MR) is 105 cm³/mol. The van der Waals surface area contributed by atoms with E-state index in [4.69, 9.17) is 0 Å². The summed E-state index contributed by atoms with van der Waals surface area (Å²) in [6.45, 7) is 3.97. The molecule has 0 atom stereocenters. The molecule has 3 rings (SSSR count). The maximum Gasteiger partial charge on any atom is 0.267 e. The number of aromatic nitrogens is 1. The molecule has 6 heteroatoms. The molecule has 2 amide bonds. The molecule has 0 bridgehead atoms. The molecule has 0 saturated carbocycles. The fraction of sp³-hybridized carbons (Fsp3) is 0.150. The van der Waals surface area contributed by atoms with Crippen molar-refractivity contribution >= 4 is 34.5 Å². The number of carbonyl (C=O) groups excluding carboxylic acids is 2. The SMILES string of the molecule is Cc1ccc(NC(=O)Cc2ncsc2C(=O)Nc2ccc(C)cc2)cc1. The first-order valence-electron chi connectivity index (χ1n) is 8.18. The van der Waals surface area contributed by atoms with E-state index in [0.29, 0.717) is 16.3 Å². The van der Waals surface area contributed by atoms with Crippen LogP contribution in [-0.4, -0.2) is 16.8 Å². The lowest BCUT2D eigenvalue weighted by atomic mass is 10.2. The Balaban J connectivity index is 1.65. The highest BCUT2D eigenvalue weighted by molar-refractivity contribution is 7.12. The summed E-state index contributed by atoms with van der Waals surface area (Å²) >= 11 is 1.23. The van der Waals surface area contributed by atoms with Crippen LogP contribution in [0.4, 0.5) is 11.4 Å². The van der Waals surface area contributed by atoms with Gasteiger partial charge in [0.1, 0.15) is 4.88 Å². The van der Waals surface area contributed by atoms with E-state index in [1.54, 1.807) is 5.51 Å². The smallest absolute Gasteiger partial charge is 0.267 e. The zero-order valence-electron chi connectivity index (χ0n) is 14.6. The number of hydrogen-bond donors (Lipinski definition) is 2. The Hall–Kier alpha value is -2.99. The van der Waals surface area contributed by atoms with Gasteiger partial charge in [-0.3, -0.25) is 9.59 Å². The summed E-state index contributed by atoms with van der Waals surface area (Å²) in [4.78, 5) is 29.4. The summed E-state index contributed by atoms with van der Waals surface area (Å²) in [5.74, 6) is -0.460. The highest BCUT2D eigenvalue weighted by atomic mass is 32.1. The van der Waals surface area contributed by atoms with E-state index in [-0.39, 0.29) is 18.2 Å². The van der Waals surface area contributed by atoms with Crippen molar-refractivity contribution in [2.45, 2.75) is 20.3 Å².